The molecule has 2 aromatic rings. The second kappa shape index (κ2) is 6.44. The molecule has 2 rings (SSSR count). The third kappa shape index (κ3) is 3.74. The number of carbonyl (C=O) groups is 1. The summed E-state index contributed by atoms with van der Waals surface area (Å²) in [4.78, 5) is 23.6. The first-order valence-corrected chi connectivity index (χ1v) is 5.91. The summed E-state index contributed by atoms with van der Waals surface area (Å²) in [5.41, 5.74) is 1.26. The molecular weight excluding hydrogens is 244 g/mol. The van der Waals surface area contributed by atoms with Crippen LogP contribution in [-0.4, -0.2) is 27.5 Å². The number of ether oxygens (including phenoxy) is 1. The molecule has 2 aromatic heterocycles. The molecule has 0 aromatic carbocycles. The quantitative estimate of drug-likeness (QED) is 0.872. The third-order valence-corrected chi connectivity index (χ3v) is 2.37. The number of carbonyl (C=O) groups excluding carboxylic acids is 1. The largest absolute Gasteiger partial charge is 0.478 e. The topological polar surface area (TPSA) is 77.0 Å². The number of nitrogens with one attached hydrogen (secondary N) is 1. The second-order valence-corrected chi connectivity index (χ2v) is 3.71. The van der Waals surface area contributed by atoms with Crippen molar-refractivity contribution in [1.82, 2.24) is 20.3 Å². The van der Waals surface area contributed by atoms with E-state index in [-0.39, 0.29) is 11.6 Å². The normalized spacial score (nSPS) is 9.95. The molecule has 0 bridgehead atoms. The van der Waals surface area contributed by atoms with Gasteiger partial charge in [-0.1, -0.05) is 0 Å². The van der Waals surface area contributed by atoms with Gasteiger partial charge in [-0.2, -0.15) is 0 Å². The smallest absolute Gasteiger partial charge is 0.270 e. The van der Waals surface area contributed by atoms with Crippen LogP contribution in [0.2, 0.25) is 0 Å². The molecule has 1 N–H and O–H groups in total. The molecule has 19 heavy (non-hydrogen) atoms. The first-order valence-electron chi connectivity index (χ1n) is 5.91. The lowest BCUT2D eigenvalue weighted by molar-refractivity contribution is 0.0945. The minimum absolute atomic E-state index is 0.264. The molecule has 0 unspecified atom stereocenters. The van der Waals surface area contributed by atoms with Crippen LogP contribution >= 0.6 is 0 Å². The average Bonchev–Trinajstić information content (AvgIpc) is 2.46. The standard InChI is InChI=1S/C13H14N4O2/c1-2-19-12-7-11(16-9-17-12)13(18)15-8-10-3-5-14-6-4-10/h3-7,9H,2,8H2,1H3,(H,15,18). The fourth-order valence-electron chi connectivity index (χ4n) is 1.46. The fourth-order valence-corrected chi connectivity index (χ4v) is 1.46. The lowest BCUT2D eigenvalue weighted by atomic mass is 10.2. The van der Waals surface area contributed by atoms with E-state index in [1.54, 1.807) is 12.4 Å². The molecule has 0 spiro atoms. The number of amides is 1. The second-order valence-electron chi connectivity index (χ2n) is 3.71. The van der Waals surface area contributed by atoms with Gasteiger partial charge in [0.25, 0.3) is 5.91 Å². The van der Waals surface area contributed by atoms with Crippen molar-refractivity contribution in [3.05, 3.63) is 48.2 Å². The Labute approximate surface area is 110 Å². The molecule has 6 nitrogen and oxygen atoms in total. The SMILES string of the molecule is CCOc1cc(C(=O)NCc2ccncc2)ncn1. The van der Waals surface area contributed by atoms with Gasteiger partial charge in [0.05, 0.1) is 6.61 Å². The highest BCUT2D eigenvalue weighted by atomic mass is 16.5. The van der Waals surface area contributed by atoms with Gasteiger partial charge in [-0.15, -0.1) is 0 Å². The van der Waals surface area contributed by atoms with Crippen LogP contribution in [0.5, 0.6) is 5.88 Å². The van der Waals surface area contributed by atoms with E-state index in [0.717, 1.165) is 5.56 Å². The third-order valence-electron chi connectivity index (χ3n) is 2.37. The van der Waals surface area contributed by atoms with E-state index < -0.39 is 0 Å². The predicted octanol–water partition coefficient (Wildman–Crippen LogP) is 1.20. The Morgan fingerprint density at radius 3 is 2.84 bits per heavy atom. The summed E-state index contributed by atoms with van der Waals surface area (Å²) in [6.45, 7) is 2.77. The monoisotopic (exact) mass is 258 g/mol. The first kappa shape index (κ1) is 12.9. The Hall–Kier alpha value is -2.50. The zero-order valence-electron chi connectivity index (χ0n) is 10.5. The first-order chi connectivity index (χ1) is 9.29. The molecule has 0 aliphatic rings. The van der Waals surface area contributed by atoms with Crippen molar-refractivity contribution in [3.63, 3.8) is 0 Å². The van der Waals surface area contributed by atoms with Gasteiger partial charge in [0.1, 0.15) is 12.0 Å². The van der Waals surface area contributed by atoms with Crippen LogP contribution in [0.25, 0.3) is 0 Å². The van der Waals surface area contributed by atoms with Crippen LogP contribution in [0.1, 0.15) is 23.0 Å². The van der Waals surface area contributed by atoms with Crippen LogP contribution < -0.4 is 10.1 Å². The maximum absolute atomic E-state index is 11.9. The average molecular weight is 258 g/mol. The van der Waals surface area contributed by atoms with Crippen molar-refractivity contribution >= 4 is 5.91 Å². The minimum atomic E-state index is -0.264. The Morgan fingerprint density at radius 1 is 1.32 bits per heavy atom. The highest BCUT2D eigenvalue weighted by Gasteiger charge is 2.08. The molecule has 1 amide bonds. The summed E-state index contributed by atoms with van der Waals surface area (Å²) in [6.07, 6.45) is 4.67. The van der Waals surface area contributed by atoms with Crippen molar-refractivity contribution in [1.29, 1.82) is 0 Å². The van der Waals surface area contributed by atoms with Crippen LogP contribution in [0.4, 0.5) is 0 Å². The summed E-state index contributed by atoms with van der Waals surface area (Å²) in [6, 6.07) is 5.20. The molecule has 0 radical (unpaired) electrons. The van der Waals surface area contributed by atoms with Gasteiger partial charge < -0.3 is 10.1 Å². The number of nitrogens with zero attached hydrogens (tertiary/aromatic N) is 3. The Kier molecular flexibility index (Phi) is 4.39. The molecule has 0 atom stereocenters. The van der Waals surface area contributed by atoms with E-state index in [4.69, 9.17) is 4.74 Å². The van der Waals surface area contributed by atoms with E-state index in [2.05, 4.69) is 20.3 Å². The number of aromatic nitrogens is 3. The lowest BCUT2D eigenvalue weighted by Crippen LogP contribution is -2.24. The molecule has 2 heterocycles. The van der Waals surface area contributed by atoms with Crippen LogP contribution in [0, 0.1) is 0 Å². The van der Waals surface area contributed by atoms with Crippen molar-refractivity contribution in [2.24, 2.45) is 0 Å². The maximum Gasteiger partial charge on any atom is 0.270 e. The van der Waals surface area contributed by atoms with Gasteiger partial charge in [0, 0.05) is 25.0 Å². The Balaban J connectivity index is 1.98. The van der Waals surface area contributed by atoms with E-state index in [1.165, 1.54) is 12.4 Å². The predicted molar refractivity (Wildman–Crippen MR) is 68.6 cm³/mol. The molecule has 0 saturated heterocycles. The molecule has 0 fully saturated rings. The summed E-state index contributed by atoms with van der Waals surface area (Å²) in [5.74, 6) is 0.131. The van der Waals surface area contributed by atoms with Gasteiger partial charge in [0.15, 0.2) is 0 Å². The van der Waals surface area contributed by atoms with E-state index in [9.17, 15) is 4.79 Å². The molecular formula is C13H14N4O2. The van der Waals surface area contributed by atoms with Crippen molar-refractivity contribution < 1.29 is 9.53 Å². The summed E-state index contributed by atoms with van der Waals surface area (Å²) in [7, 11) is 0. The summed E-state index contributed by atoms with van der Waals surface area (Å²) < 4.78 is 5.22. The molecule has 0 saturated carbocycles. The minimum Gasteiger partial charge on any atom is -0.478 e. The van der Waals surface area contributed by atoms with Crippen LogP contribution in [0.15, 0.2) is 36.9 Å². The van der Waals surface area contributed by atoms with Gasteiger partial charge in [-0.05, 0) is 24.6 Å². The van der Waals surface area contributed by atoms with Crippen LogP contribution in [0.3, 0.4) is 0 Å². The van der Waals surface area contributed by atoms with Gasteiger partial charge >= 0.3 is 0 Å². The van der Waals surface area contributed by atoms with Gasteiger partial charge in [-0.3, -0.25) is 9.78 Å². The number of hydrogen-bond acceptors (Lipinski definition) is 5. The molecule has 6 heteroatoms. The van der Waals surface area contributed by atoms with Crippen LogP contribution in [-0.2, 0) is 6.54 Å². The Morgan fingerprint density at radius 2 is 2.11 bits per heavy atom. The lowest BCUT2D eigenvalue weighted by Gasteiger charge is -2.06. The van der Waals surface area contributed by atoms with E-state index in [0.29, 0.717) is 19.0 Å². The van der Waals surface area contributed by atoms with Crippen molar-refractivity contribution in [2.75, 3.05) is 6.61 Å². The summed E-state index contributed by atoms with van der Waals surface area (Å²) >= 11 is 0. The Bertz CT molecular complexity index is 545. The number of hydrogen-bond donors (Lipinski definition) is 1. The number of rotatable bonds is 5. The molecule has 0 aliphatic carbocycles. The highest BCUT2D eigenvalue weighted by molar-refractivity contribution is 5.92. The fraction of sp³-hybridized carbons (Fsp3) is 0.231. The van der Waals surface area contributed by atoms with E-state index >= 15 is 0 Å². The highest BCUT2D eigenvalue weighted by Crippen LogP contribution is 2.06. The van der Waals surface area contributed by atoms with Crippen molar-refractivity contribution in [2.45, 2.75) is 13.5 Å². The molecule has 98 valence electrons. The zero-order chi connectivity index (χ0) is 13.5. The van der Waals surface area contributed by atoms with E-state index in [1.807, 2.05) is 19.1 Å². The van der Waals surface area contributed by atoms with Crippen molar-refractivity contribution in [3.8, 4) is 5.88 Å². The van der Waals surface area contributed by atoms with Gasteiger partial charge in [0.2, 0.25) is 5.88 Å². The number of pyridine rings is 1. The molecule has 0 aliphatic heterocycles. The zero-order valence-corrected chi connectivity index (χ0v) is 10.5. The maximum atomic E-state index is 11.9. The van der Waals surface area contributed by atoms with Gasteiger partial charge in [-0.25, -0.2) is 9.97 Å². The summed E-state index contributed by atoms with van der Waals surface area (Å²) in [5, 5.41) is 2.77.